The fourth-order valence-electron chi connectivity index (χ4n) is 2.36. The minimum Gasteiger partial charge on any atom is -0.478 e. The third-order valence-corrected chi connectivity index (χ3v) is 3.36. The van der Waals surface area contributed by atoms with Crippen LogP contribution in [0.15, 0.2) is 30.3 Å². The monoisotopic (exact) mass is 273 g/mol. The molecule has 1 saturated heterocycles. The highest BCUT2D eigenvalue weighted by atomic mass is 16.5. The minimum atomic E-state index is -0.981. The lowest BCUT2D eigenvalue weighted by Gasteiger charge is -2.12. The Morgan fingerprint density at radius 3 is 3.05 bits per heavy atom. The van der Waals surface area contributed by atoms with Crippen molar-refractivity contribution in [3.63, 3.8) is 0 Å². The van der Waals surface area contributed by atoms with Crippen LogP contribution in [-0.4, -0.2) is 35.4 Å². The van der Waals surface area contributed by atoms with Crippen LogP contribution in [0.5, 0.6) is 5.88 Å². The predicted octanol–water partition coefficient (Wildman–Crippen LogP) is 2.49. The summed E-state index contributed by atoms with van der Waals surface area (Å²) in [6.07, 6.45) is 2.09. The highest BCUT2D eigenvalue weighted by Crippen LogP contribution is 2.23. The largest absolute Gasteiger partial charge is 0.478 e. The van der Waals surface area contributed by atoms with Crippen molar-refractivity contribution in [1.82, 2.24) is 4.98 Å². The summed E-state index contributed by atoms with van der Waals surface area (Å²) in [5.74, 6) is -0.651. The SMILES string of the molecule is O=C(O)c1cc(OCC2CCCO2)nc2ccccc12. The summed E-state index contributed by atoms with van der Waals surface area (Å²) in [4.78, 5) is 15.7. The zero-order valence-corrected chi connectivity index (χ0v) is 10.9. The van der Waals surface area contributed by atoms with Gasteiger partial charge in [0.1, 0.15) is 6.61 Å². The quantitative estimate of drug-likeness (QED) is 0.926. The minimum absolute atomic E-state index is 0.0801. The van der Waals surface area contributed by atoms with E-state index in [9.17, 15) is 9.90 Å². The van der Waals surface area contributed by atoms with Crippen molar-refractivity contribution in [2.45, 2.75) is 18.9 Å². The third-order valence-electron chi connectivity index (χ3n) is 3.36. The van der Waals surface area contributed by atoms with Crippen LogP contribution in [0.3, 0.4) is 0 Å². The van der Waals surface area contributed by atoms with Gasteiger partial charge >= 0.3 is 5.97 Å². The van der Waals surface area contributed by atoms with Crippen molar-refractivity contribution < 1.29 is 19.4 Å². The van der Waals surface area contributed by atoms with E-state index in [1.807, 2.05) is 6.07 Å². The van der Waals surface area contributed by atoms with E-state index in [4.69, 9.17) is 9.47 Å². The number of para-hydroxylation sites is 1. The number of nitrogens with zero attached hydrogens (tertiary/aromatic N) is 1. The van der Waals surface area contributed by atoms with E-state index in [1.54, 1.807) is 18.2 Å². The van der Waals surface area contributed by atoms with Gasteiger partial charge in [-0.15, -0.1) is 0 Å². The maximum absolute atomic E-state index is 11.3. The lowest BCUT2D eigenvalue weighted by atomic mass is 10.1. The Morgan fingerprint density at radius 1 is 1.45 bits per heavy atom. The molecule has 0 amide bonds. The molecular weight excluding hydrogens is 258 g/mol. The first-order chi connectivity index (χ1) is 9.74. The highest BCUT2D eigenvalue weighted by molar-refractivity contribution is 6.02. The number of carboxylic acid groups (broad SMARTS) is 1. The number of carboxylic acids is 1. The van der Waals surface area contributed by atoms with Gasteiger partial charge < -0.3 is 14.6 Å². The van der Waals surface area contributed by atoms with Crippen molar-refractivity contribution in [2.24, 2.45) is 0 Å². The molecule has 1 aliphatic rings. The summed E-state index contributed by atoms with van der Waals surface area (Å²) in [5, 5.41) is 9.89. The molecule has 1 aromatic carbocycles. The van der Waals surface area contributed by atoms with Crippen LogP contribution in [0.25, 0.3) is 10.9 Å². The standard InChI is InChI=1S/C15H15NO4/c17-15(18)12-8-14(20-9-10-4-3-7-19-10)16-13-6-2-1-5-11(12)13/h1-2,5-6,8,10H,3-4,7,9H2,(H,17,18). The molecule has 104 valence electrons. The average molecular weight is 273 g/mol. The van der Waals surface area contributed by atoms with Crippen LogP contribution >= 0.6 is 0 Å². The van der Waals surface area contributed by atoms with Crippen LogP contribution in [0.1, 0.15) is 23.2 Å². The topological polar surface area (TPSA) is 68.7 Å². The van der Waals surface area contributed by atoms with E-state index in [-0.39, 0.29) is 11.7 Å². The Balaban J connectivity index is 1.88. The van der Waals surface area contributed by atoms with Gasteiger partial charge in [-0.3, -0.25) is 0 Å². The van der Waals surface area contributed by atoms with Gasteiger partial charge in [-0.2, -0.15) is 0 Å². The van der Waals surface area contributed by atoms with Crippen LogP contribution in [-0.2, 0) is 4.74 Å². The van der Waals surface area contributed by atoms with Crippen molar-refractivity contribution in [2.75, 3.05) is 13.2 Å². The third kappa shape index (κ3) is 2.58. The fourth-order valence-corrected chi connectivity index (χ4v) is 2.36. The number of fused-ring (bicyclic) bond motifs is 1. The molecule has 2 aromatic rings. The normalized spacial score (nSPS) is 18.3. The summed E-state index contributed by atoms with van der Waals surface area (Å²) in [6, 6.07) is 8.62. The van der Waals surface area contributed by atoms with Crippen molar-refractivity contribution >= 4 is 16.9 Å². The molecule has 5 heteroatoms. The van der Waals surface area contributed by atoms with E-state index < -0.39 is 5.97 Å². The summed E-state index contributed by atoms with van der Waals surface area (Å²) >= 11 is 0. The molecule has 1 fully saturated rings. The van der Waals surface area contributed by atoms with Gasteiger partial charge in [0.05, 0.1) is 17.2 Å². The second kappa shape index (κ2) is 5.46. The molecule has 0 aliphatic carbocycles. The molecule has 0 saturated carbocycles. The first kappa shape index (κ1) is 12.9. The molecule has 0 spiro atoms. The Bertz CT molecular complexity index is 635. The van der Waals surface area contributed by atoms with Gasteiger partial charge in [-0.25, -0.2) is 9.78 Å². The molecule has 0 radical (unpaired) electrons. The molecule has 5 nitrogen and oxygen atoms in total. The Labute approximate surface area is 116 Å². The molecular formula is C15H15NO4. The van der Waals surface area contributed by atoms with Crippen LogP contribution in [0.2, 0.25) is 0 Å². The fraction of sp³-hybridized carbons (Fsp3) is 0.333. The van der Waals surface area contributed by atoms with E-state index in [0.29, 0.717) is 23.4 Å². The highest BCUT2D eigenvalue weighted by Gasteiger charge is 2.17. The second-order valence-electron chi connectivity index (χ2n) is 4.78. The van der Waals surface area contributed by atoms with Gasteiger partial charge in [0.2, 0.25) is 5.88 Å². The number of pyridine rings is 1. The van der Waals surface area contributed by atoms with Crippen LogP contribution in [0.4, 0.5) is 0 Å². The van der Waals surface area contributed by atoms with Gasteiger partial charge in [0.25, 0.3) is 0 Å². The first-order valence-electron chi connectivity index (χ1n) is 6.61. The molecule has 2 heterocycles. The summed E-state index contributed by atoms with van der Waals surface area (Å²) in [5.41, 5.74) is 0.827. The number of aromatic carboxylic acids is 1. The molecule has 20 heavy (non-hydrogen) atoms. The van der Waals surface area contributed by atoms with Crippen molar-refractivity contribution in [3.05, 3.63) is 35.9 Å². The zero-order chi connectivity index (χ0) is 13.9. The van der Waals surface area contributed by atoms with E-state index in [0.717, 1.165) is 19.4 Å². The van der Waals surface area contributed by atoms with Crippen molar-refractivity contribution in [1.29, 1.82) is 0 Å². The molecule has 1 aromatic heterocycles. The molecule has 3 rings (SSSR count). The van der Waals surface area contributed by atoms with Gasteiger partial charge in [0, 0.05) is 18.1 Å². The lowest BCUT2D eigenvalue weighted by Crippen LogP contribution is -2.17. The van der Waals surface area contributed by atoms with E-state index in [1.165, 1.54) is 6.07 Å². The molecule has 0 bridgehead atoms. The summed E-state index contributed by atoms with van der Waals surface area (Å²) in [7, 11) is 0. The lowest BCUT2D eigenvalue weighted by molar-refractivity contribution is 0.0659. The number of carbonyl (C=O) groups is 1. The Kier molecular flexibility index (Phi) is 3.52. The maximum Gasteiger partial charge on any atom is 0.336 e. The second-order valence-corrected chi connectivity index (χ2v) is 4.78. The molecule has 1 N–H and O–H groups in total. The average Bonchev–Trinajstić information content (AvgIpc) is 2.97. The molecule has 1 unspecified atom stereocenters. The molecule has 1 atom stereocenters. The maximum atomic E-state index is 11.3. The molecule has 1 aliphatic heterocycles. The van der Waals surface area contributed by atoms with Gasteiger partial charge in [-0.1, -0.05) is 18.2 Å². The van der Waals surface area contributed by atoms with Gasteiger partial charge in [0.15, 0.2) is 0 Å². The van der Waals surface area contributed by atoms with Crippen LogP contribution < -0.4 is 4.74 Å². The Hall–Kier alpha value is -2.14. The van der Waals surface area contributed by atoms with Gasteiger partial charge in [-0.05, 0) is 18.9 Å². The van der Waals surface area contributed by atoms with Crippen molar-refractivity contribution in [3.8, 4) is 5.88 Å². The number of benzene rings is 1. The van der Waals surface area contributed by atoms with E-state index in [2.05, 4.69) is 4.98 Å². The zero-order valence-electron chi connectivity index (χ0n) is 10.9. The summed E-state index contributed by atoms with van der Waals surface area (Å²) < 4.78 is 11.1. The van der Waals surface area contributed by atoms with E-state index >= 15 is 0 Å². The number of ether oxygens (including phenoxy) is 2. The smallest absolute Gasteiger partial charge is 0.336 e. The first-order valence-corrected chi connectivity index (χ1v) is 6.61. The number of hydrogen-bond donors (Lipinski definition) is 1. The summed E-state index contributed by atoms with van der Waals surface area (Å²) in [6.45, 7) is 1.17. The Morgan fingerprint density at radius 2 is 2.30 bits per heavy atom. The predicted molar refractivity (Wildman–Crippen MR) is 73.2 cm³/mol. The number of rotatable bonds is 4. The number of hydrogen-bond acceptors (Lipinski definition) is 4. The van der Waals surface area contributed by atoms with Crippen LogP contribution in [0, 0.1) is 0 Å². The number of aromatic nitrogens is 1.